The summed E-state index contributed by atoms with van der Waals surface area (Å²) in [6.45, 7) is 11.0. The normalized spacial score (nSPS) is 13.9. The van der Waals surface area contributed by atoms with Gasteiger partial charge in [-0.15, -0.1) is 11.6 Å². The highest BCUT2D eigenvalue weighted by atomic mass is 35.5. The number of alkyl halides is 1. The Morgan fingerprint density at radius 1 is 1.42 bits per heavy atom. The molecule has 0 radical (unpaired) electrons. The van der Waals surface area contributed by atoms with Gasteiger partial charge in [0.25, 0.3) is 0 Å². The lowest BCUT2D eigenvalue weighted by molar-refractivity contribution is 0.0990. The number of carbonyl (C=O) groups excluding carboxylic acids is 1. The highest BCUT2D eigenvalue weighted by Gasteiger charge is 2.25. The Morgan fingerprint density at radius 2 is 1.95 bits per heavy atom. The first kappa shape index (κ1) is 16.3. The first-order chi connectivity index (χ1) is 8.58. The maximum absolute atomic E-state index is 12.1. The molecule has 0 aliphatic heterocycles. The smallest absolute Gasteiger partial charge is 0.182 e. The minimum absolute atomic E-state index is 0.00340. The van der Waals surface area contributed by atoms with Gasteiger partial charge in [0.05, 0.1) is 5.38 Å². The molecule has 0 bridgehead atoms. The van der Waals surface area contributed by atoms with Crippen molar-refractivity contribution in [3.05, 3.63) is 23.0 Å². The summed E-state index contributed by atoms with van der Waals surface area (Å²) in [6, 6.07) is 1.95. The van der Waals surface area contributed by atoms with Crippen LogP contribution in [-0.2, 0) is 6.54 Å². The molecule has 0 saturated heterocycles. The summed E-state index contributed by atoms with van der Waals surface area (Å²) in [5.41, 5.74) is 2.88. The third-order valence-corrected chi connectivity index (χ3v) is 4.15. The van der Waals surface area contributed by atoms with Gasteiger partial charge in [0, 0.05) is 29.0 Å². The Kier molecular flexibility index (Phi) is 4.86. The molecule has 1 aromatic rings. The molecule has 1 atom stereocenters. The number of hydrogen-bond donors (Lipinski definition) is 0. The lowest BCUT2D eigenvalue weighted by Gasteiger charge is -2.34. The Balaban J connectivity index is 3.15. The van der Waals surface area contributed by atoms with Crippen molar-refractivity contribution in [3.8, 4) is 0 Å². The lowest BCUT2D eigenvalue weighted by atomic mass is 10.0. The second kappa shape index (κ2) is 5.68. The second-order valence-corrected chi connectivity index (χ2v) is 6.71. The predicted molar refractivity (Wildman–Crippen MR) is 81.3 cm³/mol. The molecule has 108 valence electrons. The lowest BCUT2D eigenvalue weighted by Crippen LogP contribution is -2.42. The Morgan fingerprint density at radius 3 is 2.37 bits per heavy atom. The average molecular weight is 285 g/mol. The van der Waals surface area contributed by atoms with Crippen molar-refractivity contribution >= 4 is 17.4 Å². The van der Waals surface area contributed by atoms with E-state index in [1.165, 1.54) is 0 Å². The SMILES string of the molecule is Cc1cc(C(=O)C(C)Cl)c(C)n1CC(C)(C)N(C)C. The monoisotopic (exact) mass is 284 g/mol. The number of aromatic nitrogens is 1. The van der Waals surface area contributed by atoms with Crippen molar-refractivity contribution < 1.29 is 4.79 Å². The van der Waals surface area contributed by atoms with Gasteiger partial charge in [-0.25, -0.2) is 0 Å². The summed E-state index contributed by atoms with van der Waals surface area (Å²) >= 11 is 5.91. The van der Waals surface area contributed by atoms with Crippen LogP contribution in [0.15, 0.2) is 6.07 Å². The van der Waals surface area contributed by atoms with Gasteiger partial charge in [-0.05, 0) is 54.8 Å². The van der Waals surface area contributed by atoms with Gasteiger partial charge in [-0.1, -0.05) is 0 Å². The van der Waals surface area contributed by atoms with Crippen LogP contribution in [0.25, 0.3) is 0 Å². The zero-order valence-corrected chi connectivity index (χ0v) is 13.8. The fraction of sp³-hybridized carbons (Fsp3) is 0.667. The minimum atomic E-state index is -0.476. The largest absolute Gasteiger partial charge is 0.347 e. The Hall–Kier alpha value is -0.800. The molecule has 1 unspecified atom stereocenters. The van der Waals surface area contributed by atoms with Gasteiger partial charge in [0.15, 0.2) is 5.78 Å². The molecule has 19 heavy (non-hydrogen) atoms. The molecule has 0 amide bonds. The molecule has 1 rings (SSSR count). The summed E-state index contributed by atoms with van der Waals surface area (Å²) in [5, 5.41) is -0.476. The van der Waals surface area contributed by atoms with Crippen molar-refractivity contribution in [2.75, 3.05) is 14.1 Å². The fourth-order valence-corrected chi connectivity index (χ4v) is 2.15. The highest BCUT2D eigenvalue weighted by molar-refractivity contribution is 6.33. The van der Waals surface area contributed by atoms with Crippen LogP contribution in [0.4, 0.5) is 0 Å². The first-order valence-electron chi connectivity index (χ1n) is 6.60. The van der Waals surface area contributed by atoms with Crippen LogP contribution >= 0.6 is 11.6 Å². The second-order valence-electron chi connectivity index (χ2n) is 6.06. The van der Waals surface area contributed by atoms with E-state index in [9.17, 15) is 4.79 Å². The van der Waals surface area contributed by atoms with Gasteiger partial charge in [0.1, 0.15) is 0 Å². The van der Waals surface area contributed by atoms with E-state index in [1.54, 1.807) is 6.92 Å². The zero-order chi connectivity index (χ0) is 15.0. The van der Waals surface area contributed by atoms with Gasteiger partial charge in [-0.2, -0.15) is 0 Å². The topological polar surface area (TPSA) is 25.2 Å². The van der Waals surface area contributed by atoms with E-state index in [-0.39, 0.29) is 11.3 Å². The molecule has 0 aromatic carbocycles. The molecule has 0 fully saturated rings. The van der Waals surface area contributed by atoms with E-state index in [0.717, 1.165) is 23.5 Å². The molecule has 1 heterocycles. The number of Topliss-reactive ketones (excluding diaryl/α,β-unsaturated/α-hetero) is 1. The van der Waals surface area contributed by atoms with Crippen LogP contribution in [0.5, 0.6) is 0 Å². The third kappa shape index (κ3) is 3.40. The molecule has 0 aliphatic carbocycles. The van der Waals surface area contributed by atoms with E-state index in [4.69, 9.17) is 11.6 Å². The molecule has 4 heteroatoms. The number of aryl methyl sites for hydroxylation is 1. The van der Waals surface area contributed by atoms with Crippen molar-refractivity contribution in [1.29, 1.82) is 0 Å². The molecule has 0 spiro atoms. The number of nitrogens with zero attached hydrogens (tertiary/aromatic N) is 2. The van der Waals surface area contributed by atoms with Crippen LogP contribution in [0.1, 0.15) is 42.5 Å². The summed E-state index contributed by atoms with van der Waals surface area (Å²) in [4.78, 5) is 14.3. The van der Waals surface area contributed by atoms with Gasteiger partial charge in [-0.3, -0.25) is 4.79 Å². The maximum Gasteiger partial charge on any atom is 0.182 e. The quantitative estimate of drug-likeness (QED) is 0.612. The van der Waals surface area contributed by atoms with Gasteiger partial charge in [0.2, 0.25) is 0 Å². The van der Waals surface area contributed by atoms with Crippen LogP contribution in [-0.4, -0.2) is 40.3 Å². The highest BCUT2D eigenvalue weighted by Crippen LogP contribution is 2.22. The van der Waals surface area contributed by atoms with E-state index in [2.05, 4.69) is 37.4 Å². The number of halogens is 1. The van der Waals surface area contributed by atoms with Crippen molar-refractivity contribution in [1.82, 2.24) is 9.47 Å². The summed E-state index contributed by atoms with van der Waals surface area (Å²) in [6.07, 6.45) is 0. The van der Waals surface area contributed by atoms with Crippen LogP contribution < -0.4 is 0 Å². The van der Waals surface area contributed by atoms with Crippen LogP contribution in [0.2, 0.25) is 0 Å². The minimum Gasteiger partial charge on any atom is -0.347 e. The molecule has 3 nitrogen and oxygen atoms in total. The average Bonchev–Trinajstić information content (AvgIpc) is 2.55. The van der Waals surface area contributed by atoms with E-state index < -0.39 is 5.38 Å². The summed E-state index contributed by atoms with van der Waals surface area (Å²) < 4.78 is 2.20. The summed E-state index contributed by atoms with van der Waals surface area (Å²) in [5.74, 6) is 0.00340. The summed E-state index contributed by atoms with van der Waals surface area (Å²) in [7, 11) is 4.14. The number of likely N-dealkylation sites (N-methyl/N-ethyl adjacent to an activating group) is 1. The Bertz CT molecular complexity index is 473. The first-order valence-corrected chi connectivity index (χ1v) is 7.04. The van der Waals surface area contributed by atoms with Crippen molar-refractivity contribution in [2.24, 2.45) is 0 Å². The molecule has 0 saturated carbocycles. The fourth-order valence-electron chi connectivity index (χ4n) is 2.04. The van der Waals surface area contributed by atoms with E-state index >= 15 is 0 Å². The number of hydrogen-bond acceptors (Lipinski definition) is 2. The molecule has 0 N–H and O–H groups in total. The Labute approximate surface area is 121 Å². The van der Waals surface area contributed by atoms with Crippen molar-refractivity contribution in [3.63, 3.8) is 0 Å². The van der Waals surface area contributed by atoms with Crippen molar-refractivity contribution in [2.45, 2.75) is 52.1 Å². The number of carbonyl (C=O) groups is 1. The van der Waals surface area contributed by atoms with Crippen LogP contribution in [0.3, 0.4) is 0 Å². The van der Waals surface area contributed by atoms with E-state index in [0.29, 0.717) is 0 Å². The molecular weight excluding hydrogens is 260 g/mol. The van der Waals surface area contributed by atoms with E-state index in [1.807, 2.05) is 19.9 Å². The zero-order valence-electron chi connectivity index (χ0n) is 13.0. The number of rotatable bonds is 5. The number of ketones is 1. The predicted octanol–water partition coefficient (Wildman–Crippen LogP) is 3.26. The van der Waals surface area contributed by atoms with Gasteiger partial charge >= 0.3 is 0 Å². The maximum atomic E-state index is 12.1. The molecular formula is C15H25ClN2O. The third-order valence-electron chi connectivity index (χ3n) is 3.96. The van der Waals surface area contributed by atoms with Gasteiger partial charge < -0.3 is 9.47 Å². The molecule has 0 aliphatic rings. The van der Waals surface area contributed by atoms with Crippen LogP contribution in [0, 0.1) is 13.8 Å². The molecule has 1 aromatic heterocycles. The standard InChI is InChI=1S/C15H25ClN2O/c1-10-8-13(14(19)11(2)16)12(3)18(10)9-15(4,5)17(6)7/h8,11H,9H2,1-7H3.